The topological polar surface area (TPSA) is 12.0 Å². The summed E-state index contributed by atoms with van der Waals surface area (Å²) in [6.07, 6.45) is 5.46. The van der Waals surface area contributed by atoms with Crippen LogP contribution in [-0.2, 0) is 6.54 Å². The zero-order valence-corrected chi connectivity index (χ0v) is 11.4. The van der Waals surface area contributed by atoms with Crippen molar-refractivity contribution in [1.29, 1.82) is 0 Å². The molecule has 0 heterocycles. The third-order valence-electron chi connectivity index (χ3n) is 3.10. The Morgan fingerprint density at radius 2 is 1.58 bits per heavy atom. The molecule has 2 aromatic carbocycles. The molecule has 0 spiro atoms. The zero-order chi connectivity index (χ0) is 13.3. The first kappa shape index (κ1) is 13.6. The fourth-order valence-corrected chi connectivity index (χ4v) is 1.94. The second kappa shape index (κ2) is 7.55. The Morgan fingerprint density at radius 3 is 2.26 bits per heavy atom. The van der Waals surface area contributed by atoms with E-state index in [4.69, 9.17) is 0 Å². The lowest BCUT2D eigenvalue weighted by Gasteiger charge is -2.11. The highest BCUT2D eigenvalue weighted by Crippen LogP contribution is 2.04. The minimum atomic E-state index is 0.486. The van der Waals surface area contributed by atoms with E-state index in [1.165, 1.54) is 11.1 Å². The lowest BCUT2D eigenvalue weighted by Crippen LogP contribution is -2.24. The van der Waals surface area contributed by atoms with Crippen molar-refractivity contribution in [2.24, 2.45) is 0 Å². The average molecular weight is 251 g/mol. The van der Waals surface area contributed by atoms with Gasteiger partial charge >= 0.3 is 0 Å². The monoisotopic (exact) mass is 251 g/mol. The van der Waals surface area contributed by atoms with E-state index >= 15 is 0 Å². The lowest BCUT2D eigenvalue weighted by atomic mass is 10.1. The van der Waals surface area contributed by atoms with E-state index < -0.39 is 0 Å². The predicted molar refractivity (Wildman–Crippen MR) is 82.8 cm³/mol. The maximum absolute atomic E-state index is 3.53. The van der Waals surface area contributed by atoms with Crippen LogP contribution in [0.5, 0.6) is 0 Å². The molecule has 1 N–H and O–H groups in total. The molecule has 0 fully saturated rings. The van der Waals surface area contributed by atoms with Crippen molar-refractivity contribution < 1.29 is 0 Å². The van der Waals surface area contributed by atoms with Gasteiger partial charge in [0.05, 0.1) is 0 Å². The van der Waals surface area contributed by atoms with Gasteiger partial charge in [-0.2, -0.15) is 0 Å². The van der Waals surface area contributed by atoms with E-state index in [9.17, 15) is 0 Å². The Labute approximate surface area is 116 Å². The van der Waals surface area contributed by atoms with Crippen molar-refractivity contribution in [3.63, 3.8) is 0 Å². The summed E-state index contributed by atoms with van der Waals surface area (Å²) in [6.45, 7) is 3.15. The second-order valence-corrected chi connectivity index (χ2v) is 4.82. The smallest absolute Gasteiger partial charge is 0.0208 e. The molecule has 0 aliphatic carbocycles. The minimum Gasteiger partial charge on any atom is -0.310 e. The number of benzene rings is 2. The lowest BCUT2D eigenvalue weighted by molar-refractivity contribution is 0.554. The van der Waals surface area contributed by atoms with Crippen molar-refractivity contribution in [2.75, 3.05) is 0 Å². The minimum absolute atomic E-state index is 0.486. The van der Waals surface area contributed by atoms with Gasteiger partial charge in [-0.3, -0.25) is 0 Å². The van der Waals surface area contributed by atoms with Gasteiger partial charge in [-0.1, -0.05) is 72.8 Å². The maximum atomic E-state index is 3.53. The Hall–Kier alpha value is -1.86. The van der Waals surface area contributed by atoms with E-state index in [1.54, 1.807) is 0 Å². The fourth-order valence-electron chi connectivity index (χ4n) is 1.94. The van der Waals surface area contributed by atoms with Gasteiger partial charge in [0.25, 0.3) is 0 Å². The third kappa shape index (κ3) is 5.11. The molecule has 2 aromatic rings. The number of nitrogens with one attached hydrogen (secondary N) is 1. The molecule has 0 bridgehead atoms. The first-order valence-electron chi connectivity index (χ1n) is 6.83. The van der Waals surface area contributed by atoms with Crippen LogP contribution in [0.3, 0.4) is 0 Å². The SMILES string of the molecule is CC(CC=Cc1ccccc1)NCc1ccccc1. The molecule has 0 aliphatic rings. The Bertz CT molecular complexity index is 488. The van der Waals surface area contributed by atoms with E-state index in [-0.39, 0.29) is 0 Å². The van der Waals surface area contributed by atoms with Crippen molar-refractivity contribution in [1.82, 2.24) is 5.32 Å². The van der Waals surface area contributed by atoms with Gasteiger partial charge in [0.2, 0.25) is 0 Å². The van der Waals surface area contributed by atoms with Gasteiger partial charge in [0.1, 0.15) is 0 Å². The molecular weight excluding hydrogens is 230 g/mol. The van der Waals surface area contributed by atoms with Crippen LogP contribution >= 0.6 is 0 Å². The molecule has 1 nitrogen and oxygen atoms in total. The largest absolute Gasteiger partial charge is 0.310 e. The van der Waals surface area contributed by atoms with Gasteiger partial charge in [-0.15, -0.1) is 0 Å². The summed E-state index contributed by atoms with van der Waals surface area (Å²) < 4.78 is 0. The summed E-state index contributed by atoms with van der Waals surface area (Å²) in [5.41, 5.74) is 2.60. The molecule has 0 aromatic heterocycles. The van der Waals surface area contributed by atoms with Crippen LogP contribution in [0.25, 0.3) is 6.08 Å². The van der Waals surface area contributed by atoms with Crippen LogP contribution in [0.1, 0.15) is 24.5 Å². The molecule has 0 saturated carbocycles. The van der Waals surface area contributed by atoms with Gasteiger partial charge in [0.15, 0.2) is 0 Å². The molecule has 0 amide bonds. The highest BCUT2D eigenvalue weighted by atomic mass is 14.9. The molecular formula is C18H21N. The number of hydrogen-bond acceptors (Lipinski definition) is 1. The fraction of sp³-hybridized carbons (Fsp3) is 0.222. The molecule has 2 rings (SSSR count). The highest BCUT2D eigenvalue weighted by Gasteiger charge is 1.98. The molecule has 98 valence electrons. The van der Waals surface area contributed by atoms with E-state index in [0.29, 0.717) is 6.04 Å². The summed E-state index contributed by atoms with van der Waals surface area (Å²) in [5, 5.41) is 3.53. The summed E-state index contributed by atoms with van der Waals surface area (Å²) in [6, 6.07) is 21.4. The van der Waals surface area contributed by atoms with Crippen LogP contribution in [0.2, 0.25) is 0 Å². The van der Waals surface area contributed by atoms with Crippen LogP contribution in [0.15, 0.2) is 66.7 Å². The zero-order valence-electron chi connectivity index (χ0n) is 11.4. The summed E-state index contributed by atoms with van der Waals surface area (Å²) in [5.74, 6) is 0. The van der Waals surface area contributed by atoms with Crippen molar-refractivity contribution >= 4 is 6.08 Å². The average Bonchev–Trinajstić information content (AvgIpc) is 2.47. The number of hydrogen-bond donors (Lipinski definition) is 1. The van der Waals surface area contributed by atoms with E-state index in [2.05, 4.69) is 79.0 Å². The van der Waals surface area contributed by atoms with Gasteiger partial charge in [-0.05, 0) is 24.5 Å². The molecule has 19 heavy (non-hydrogen) atoms. The highest BCUT2D eigenvalue weighted by molar-refractivity contribution is 5.48. The molecule has 1 atom stereocenters. The second-order valence-electron chi connectivity index (χ2n) is 4.82. The predicted octanol–water partition coefficient (Wildman–Crippen LogP) is 4.27. The van der Waals surface area contributed by atoms with Crippen LogP contribution in [0, 0.1) is 0 Å². The Balaban J connectivity index is 1.73. The molecule has 0 radical (unpaired) electrons. The molecule has 0 aliphatic heterocycles. The maximum Gasteiger partial charge on any atom is 0.0208 e. The van der Waals surface area contributed by atoms with Crippen LogP contribution in [-0.4, -0.2) is 6.04 Å². The van der Waals surface area contributed by atoms with E-state index in [0.717, 1.165) is 13.0 Å². The van der Waals surface area contributed by atoms with Gasteiger partial charge in [-0.25, -0.2) is 0 Å². The first-order valence-corrected chi connectivity index (χ1v) is 6.83. The summed E-state index contributed by atoms with van der Waals surface area (Å²) in [4.78, 5) is 0. The van der Waals surface area contributed by atoms with Crippen LogP contribution in [0.4, 0.5) is 0 Å². The van der Waals surface area contributed by atoms with Crippen molar-refractivity contribution in [3.8, 4) is 0 Å². The van der Waals surface area contributed by atoms with E-state index in [1.807, 2.05) is 6.07 Å². The quantitative estimate of drug-likeness (QED) is 0.808. The Kier molecular flexibility index (Phi) is 5.39. The summed E-state index contributed by atoms with van der Waals surface area (Å²) >= 11 is 0. The van der Waals surface area contributed by atoms with Crippen LogP contribution < -0.4 is 5.32 Å². The van der Waals surface area contributed by atoms with Crippen molar-refractivity contribution in [3.05, 3.63) is 77.9 Å². The molecule has 1 heteroatoms. The van der Waals surface area contributed by atoms with Gasteiger partial charge in [0, 0.05) is 12.6 Å². The standard InChI is InChI=1S/C18H21N/c1-16(19-15-18-12-6-3-7-13-18)9-8-14-17-10-4-2-5-11-17/h2-8,10-14,16,19H,9,15H2,1H3. The Morgan fingerprint density at radius 1 is 0.947 bits per heavy atom. The molecule has 0 saturated heterocycles. The van der Waals surface area contributed by atoms with Gasteiger partial charge < -0.3 is 5.32 Å². The normalized spacial score (nSPS) is 12.7. The number of rotatable bonds is 6. The third-order valence-corrected chi connectivity index (χ3v) is 3.10. The molecule has 1 unspecified atom stereocenters. The summed E-state index contributed by atoms with van der Waals surface area (Å²) in [7, 11) is 0. The van der Waals surface area contributed by atoms with Crippen molar-refractivity contribution in [2.45, 2.75) is 25.9 Å². The first-order chi connectivity index (χ1) is 9.34.